The minimum Gasteiger partial charge on any atom is -0.497 e. The summed E-state index contributed by atoms with van der Waals surface area (Å²) in [6.45, 7) is -0.221. The van der Waals surface area contributed by atoms with Gasteiger partial charge in [-0.2, -0.15) is 0 Å². The van der Waals surface area contributed by atoms with Gasteiger partial charge in [-0.1, -0.05) is 6.07 Å². The van der Waals surface area contributed by atoms with E-state index < -0.39 is 28.7 Å². The number of carbonyl (C=O) groups excluding carboxylic acids is 3. The molecule has 11 heteroatoms. The number of nitrogens with zero attached hydrogens (tertiary/aromatic N) is 2. The van der Waals surface area contributed by atoms with Gasteiger partial charge in [-0.15, -0.1) is 0 Å². The highest BCUT2D eigenvalue weighted by atomic mass is 16.6. The van der Waals surface area contributed by atoms with Gasteiger partial charge in [-0.3, -0.25) is 19.7 Å². The van der Waals surface area contributed by atoms with Crippen LogP contribution in [0.15, 0.2) is 42.5 Å². The predicted octanol–water partition coefficient (Wildman–Crippen LogP) is 1.92. The number of non-ortho nitro benzene ring substituents is 1. The normalized spacial score (nSPS) is 15.9. The molecule has 1 atom stereocenters. The Labute approximate surface area is 170 Å². The van der Waals surface area contributed by atoms with Gasteiger partial charge in [-0.05, 0) is 18.2 Å². The highest BCUT2D eigenvalue weighted by Gasteiger charge is 2.40. The molecule has 1 fully saturated rings. The topological polar surface area (TPSA) is 140 Å². The summed E-state index contributed by atoms with van der Waals surface area (Å²) >= 11 is 0. The first kappa shape index (κ1) is 20.6. The van der Waals surface area contributed by atoms with Crippen molar-refractivity contribution in [1.82, 2.24) is 5.32 Å². The first-order valence-corrected chi connectivity index (χ1v) is 8.75. The van der Waals surface area contributed by atoms with E-state index in [0.29, 0.717) is 5.75 Å². The first-order valence-electron chi connectivity index (χ1n) is 8.75. The van der Waals surface area contributed by atoms with Crippen molar-refractivity contribution < 1.29 is 28.8 Å². The van der Waals surface area contributed by atoms with Gasteiger partial charge in [0, 0.05) is 24.7 Å². The minimum atomic E-state index is -1.25. The van der Waals surface area contributed by atoms with Crippen LogP contribution in [-0.2, 0) is 9.59 Å². The van der Waals surface area contributed by atoms with Crippen molar-refractivity contribution in [3.63, 3.8) is 0 Å². The predicted molar refractivity (Wildman–Crippen MR) is 106 cm³/mol. The van der Waals surface area contributed by atoms with E-state index in [1.165, 1.54) is 38.5 Å². The number of carbonyl (C=O) groups is 3. The molecule has 30 heavy (non-hydrogen) atoms. The molecule has 2 N–H and O–H groups in total. The number of rotatable bonds is 6. The van der Waals surface area contributed by atoms with Crippen molar-refractivity contribution in [1.29, 1.82) is 0 Å². The number of hydrogen-bond donors (Lipinski definition) is 2. The van der Waals surface area contributed by atoms with E-state index in [9.17, 15) is 24.5 Å². The van der Waals surface area contributed by atoms with Gasteiger partial charge in [-0.25, -0.2) is 9.69 Å². The van der Waals surface area contributed by atoms with Gasteiger partial charge in [0.05, 0.1) is 30.5 Å². The molecule has 0 bridgehead atoms. The second kappa shape index (κ2) is 8.47. The van der Waals surface area contributed by atoms with Gasteiger partial charge in [0.1, 0.15) is 17.4 Å². The third-order valence-corrected chi connectivity index (χ3v) is 4.46. The van der Waals surface area contributed by atoms with Crippen LogP contribution in [-0.4, -0.2) is 43.5 Å². The van der Waals surface area contributed by atoms with Crippen LogP contribution in [0.2, 0.25) is 0 Å². The maximum atomic E-state index is 12.9. The Morgan fingerprint density at radius 1 is 1.20 bits per heavy atom. The molecule has 0 spiro atoms. The Kier molecular flexibility index (Phi) is 5.81. The van der Waals surface area contributed by atoms with E-state index in [1.54, 1.807) is 12.1 Å². The zero-order valence-electron chi connectivity index (χ0n) is 16.1. The van der Waals surface area contributed by atoms with E-state index in [2.05, 4.69) is 10.6 Å². The summed E-state index contributed by atoms with van der Waals surface area (Å²) in [7, 11) is 2.78. The molecular weight excluding hydrogens is 396 g/mol. The van der Waals surface area contributed by atoms with Crippen LogP contribution in [0.3, 0.4) is 0 Å². The molecule has 0 radical (unpaired) electrons. The number of amides is 4. The van der Waals surface area contributed by atoms with Gasteiger partial charge in [0.15, 0.2) is 0 Å². The van der Waals surface area contributed by atoms with E-state index >= 15 is 0 Å². The van der Waals surface area contributed by atoms with Crippen molar-refractivity contribution >= 4 is 34.9 Å². The van der Waals surface area contributed by atoms with Gasteiger partial charge in [0.2, 0.25) is 11.8 Å². The molecule has 4 amide bonds. The number of ether oxygens (including phenoxy) is 2. The standard InChI is InChI=1S/C19H18N4O7/c1-29-13-5-3-4-11(8-13)22-18(25)14(10-20-19(22)26)17(24)21-15-9-12(23(27)28)6-7-16(15)30-2/h3-9,14H,10H2,1-2H3,(H,20,26)(H,21,24). The lowest BCUT2D eigenvalue weighted by Gasteiger charge is -2.30. The molecule has 11 nitrogen and oxygen atoms in total. The molecule has 1 heterocycles. The third-order valence-electron chi connectivity index (χ3n) is 4.46. The SMILES string of the molecule is COc1cccc(N2C(=O)NCC(C(=O)Nc3cc([N+](=O)[O-])ccc3OC)C2=O)c1. The zero-order valence-corrected chi connectivity index (χ0v) is 16.1. The fourth-order valence-corrected chi connectivity index (χ4v) is 2.94. The number of imide groups is 1. The van der Waals surface area contributed by atoms with E-state index in [0.717, 1.165) is 11.0 Å². The lowest BCUT2D eigenvalue weighted by molar-refractivity contribution is -0.384. The summed E-state index contributed by atoms with van der Waals surface area (Å²) in [5.41, 5.74) is 0.0176. The molecule has 0 aliphatic carbocycles. The molecule has 0 saturated carbocycles. The van der Waals surface area contributed by atoms with Crippen LogP contribution in [0, 0.1) is 16.0 Å². The quantitative estimate of drug-likeness (QED) is 0.418. The van der Waals surface area contributed by atoms with E-state index in [4.69, 9.17) is 9.47 Å². The molecule has 0 aromatic heterocycles. The second-order valence-electron chi connectivity index (χ2n) is 6.24. The Balaban J connectivity index is 1.86. The highest BCUT2D eigenvalue weighted by molar-refractivity contribution is 6.23. The largest absolute Gasteiger partial charge is 0.497 e. The summed E-state index contributed by atoms with van der Waals surface area (Å²) in [6.07, 6.45) is 0. The molecule has 1 unspecified atom stereocenters. The maximum absolute atomic E-state index is 12.9. The first-order chi connectivity index (χ1) is 14.3. The van der Waals surface area contributed by atoms with Gasteiger partial charge in [0.25, 0.3) is 5.69 Å². The second-order valence-corrected chi connectivity index (χ2v) is 6.24. The average Bonchev–Trinajstić information content (AvgIpc) is 2.73. The van der Waals surface area contributed by atoms with Crippen molar-refractivity contribution in [2.45, 2.75) is 0 Å². The number of nitrogens with one attached hydrogen (secondary N) is 2. The summed E-state index contributed by atoms with van der Waals surface area (Å²) < 4.78 is 10.2. The molecule has 2 aromatic carbocycles. The van der Waals surface area contributed by atoms with Crippen LogP contribution >= 0.6 is 0 Å². The Hall–Kier alpha value is -4.15. The Bertz CT molecular complexity index is 1020. The molecule has 1 aliphatic heterocycles. The van der Waals surface area contributed by atoms with Crippen LogP contribution in [0.4, 0.5) is 21.9 Å². The van der Waals surface area contributed by atoms with E-state index in [1.807, 2.05) is 0 Å². The van der Waals surface area contributed by atoms with Crippen LogP contribution in [0.5, 0.6) is 11.5 Å². The summed E-state index contributed by atoms with van der Waals surface area (Å²) in [4.78, 5) is 49.2. The smallest absolute Gasteiger partial charge is 0.328 e. The van der Waals surface area contributed by atoms with Gasteiger partial charge >= 0.3 is 6.03 Å². The molecule has 1 aliphatic rings. The number of nitro groups is 1. The van der Waals surface area contributed by atoms with E-state index in [-0.39, 0.29) is 29.4 Å². The van der Waals surface area contributed by atoms with Gasteiger partial charge < -0.3 is 20.1 Å². The third kappa shape index (κ3) is 3.99. The molecule has 2 aromatic rings. The highest BCUT2D eigenvalue weighted by Crippen LogP contribution is 2.30. The number of methoxy groups -OCH3 is 2. The van der Waals surface area contributed by atoms with Crippen molar-refractivity contribution in [2.24, 2.45) is 5.92 Å². The van der Waals surface area contributed by atoms with Crippen molar-refractivity contribution in [3.8, 4) is 11.5 Å². The maximum Gasteiger partial charge on any atom is 0.328 e. The number of nitro benzene ring substituents is 1. The summed E-state index contributed by atoms with van der Waals surface area (Å²) in [6, 6.07) is 9.28. The van der Waals surface area contributed by atoms with Crippen LogP contribution in [0.1, 0.15) is 0 Å². The number of urea groups is 1. The van der Waals surface area contributed by atoms with Crippen LogP contribution in [0.25, 0.3) is 0 Å². The molecular formula is C19H18N4O7. The fraction of sp³-hybridized carbons (Fsp3) is 0.211. The minimum absolute atomic E-state index is 0.0364. The summed E-state index contributed by atoms with van der Waals surface area (Å²) in [5, 5.41) is 16.0. The average molecular weight is 414 g/mol. The lowest BCUT2D eigenvalue weighted by atomic mass is 10.0. The number of benzene rings is 2. The molecule has 3 rings (SSSR count). The summed E-state index contributed by atoms with van der Waals surface area (Å²) in [5.74, 6) is -2.12. The Morgan fingerprint density at radius 3 is 2.63 bits per heavy atom. The van der Waals surface area contributed by atoms with Crippen molar-refractivity contribution in [3.05, 3.63) is 52.6 Å². The lowest BCUT2D eigenvalue weighted by Crippen LogP contribution is -2.58. The number of hydrogen-bond acceptors (Lipinski definition) is 7. The van der Waals surface area contributed by atoms with Crippen molar-refractivity contribution in [2.75, 3.05) is 31.0 Å². The fourth-order valence-electron chi connectivity index (χ4n) is 2.94. The van der Waals surface area contributed by atoms with Crippen LogP contribution < -0.4 is 25.0 Å². The Morgan fingerprint density at radius 2 is 1.97 bits per heavy atom. The number of anilines is 2. The zero-order chi connectivity index (χ0) is 21.8. The molecule has 156 valence electrons. The monoisotopic (exact) mass is 414 g/mol. The molecule has 1 saturated heterocycles.